The molecule has 1 unspecified atom stereocenters. The summed E-state index contributed by atoms with van der Waals surface area (Å²) in [7, 11) is 3.76. The summed E-state index contributed by atoms with van der Waals surface area (Å²) in [5, 5.41) is 12.9. The van der Waals surface area contributed by atoms with E-state index in [1.165, 1.54) is 0 Å². The van der Waals surface area contributed by atoms with Gasteiger partial charge >= 0.3 is 5.97 Å². The fourth-order valence-electron chi connectivity index (χ4n) is 2.16. The molecule has 0 saturated carbocycles. The van der Waals surface area contributed by atoms with Gasteiger partial charge in [0.2, 0.25) is 0 Å². The highest BCUT2D eigenvalue weighted by atomic mass is 16.4. The molecule has 0 heterocycles. The normalized spacial score (nSPS) is 14.8. The Morgan fingerprint density at radius 2 is 1.89 bits per heavy atom. The van der Waals surface area contributed by atoms with Crippen molar-refractivity contribution in [2.24, 2.45) is 0 Å². The highest BCUT2D eigenvalue weighted by Crippen LogP contribution is 2.23. The number of carboxylic acid groups (broad SMARTS) is 1. The zero-order chi connectivity index (χ0) is 13.8. The van der Waals surface area contributed by atoms with E-state index < -0.39 is 11.5 Å². The molecule has 0 amide bonds. The van der Waals surface area contributed by atoms with Crippen molar-refractivity contribution in [3.63, 3.8) is 0 Å². The van der Waals surface area contributed by atoms with Gasteiger partial charge in [-0.15, -0.1) is 0 Å². The summed E-state index contributed by atoms with van der Waals surface area (Å²) in [6.45, 7) is 4.32. The van der Waals surface area contributed by atoms with E-state index in [0.717, 1.165) is 5.56 Å². The number of nitrogens with zero attached hydrogens (tertiary/aromatic N) is 1. The lowest BCUT2D eigenvalue weighted by Crippen LogP contribution is -2.57. The van der Waals surface area contributed by atoms with Gasteiger partial charge in [0.05, 0.1) is 0 Å². The van der Waals surface area contributed by atoms with E-state index in [9.17, 15) is 9.90 Å². The van der Waals surface area contributed by atoms with Crippen molar-refractivity contribution in [3.8, 4) is 0 Å². The first-order valence-electron chi connectivity index (χ1n) is 6.10. The minimum Gasteiger partial charge on any atom is -0.480 e. The Hall–Kier alpha value is -1.39. The number of carbonyl (C=O) groups is 1. The van der Waals surface area contributed by atoms with Crippen LogP contribution in [0, 0.1) is 0 Å². The Bertz CT molecular complexity index is 378. The van der Waals surface area contributed by atoms with Crippen LogP contribution in [0.3, 0.4) is 0 Å². The molecule has 0 aromatic heterocycles. The van der Waals surface area contributed by atoms with Gasteiger partial charge in [0.15, 0.2) is 5.54 Å². The second-order valence-corrected chi connectivity index (χ2v) is 5.11. The first-order valence-corrected chi connectivity index (χ1v) is 6.10. The first kappa shape index (κ1) is 14.7. The van der Waals surface area contributed by atoms with Crippen molar-refractivity contribution in [1.29, 1.82) is 0 Å². The van der Waals surface area contributed by atoms with Gasteiger partial charge < -0.3 is 10.0 Å². The minimum absolute atomic E-state index is 0.0845. The lowest BCUT2D eigenvalue weighted by atomic mass is 9.88. The average Bonchev–Trinajstić information content (AvgIpc) is 2.27. The van der Waals surface area contributed by atoms with E-state index in [0.29, 0.717) is 6.54 Å². The number of nitrogens with one attached hydrogen (secondary N) is 1. The largest absolute Gasteiger partial charge is 0.480 e. The Kier molecular flexibility index (Phi) is 4.87. The average molecular weight is 250 g/mol. The van der Waals surface area contributed by atoms with Crippen molar-refractivity contribution in [3.05, 3.63) is 35.9 Å². The molecule has 0 radical (unpaired) electrons. The third kappa shape index (κ3) is 3.31. The number of carboxylic acids is 1. The molecule has 0 aliphatic rings. The van der Waals surface area contributed by atoms with Gasteiger partial charge in [0, 0.05) is 12.6 Å². The molecule has 1 atom stereocenters. The predicted octanol–water partition coefficient (Wildman–Crippen LogP) is 1.53. The van der Waals surface area contributed by atoms with Crippen LogP contribution in [0.15, 0.2) is 30.3 Å². The van der Waals surface area contributed by atoms with Gasteiger partial charge in [-0.05, 0) is 33.5 Å². The van der Waals surface area contributed by atoms with Crippen LogP contribution in [-0.2, 0) is 10.3 Å². The maximum Gasteiger partial charge on any atom is 0.329 e. The molecule has 0 aliphatic heterocycles. The molecule has 1 aromatic carbocycles. The zero-order valence-corrected chi connectivity index (χ0v) is 11.5. The predicted molar refractivity (Wildman–Crippen MR) is 72.6 cm³/mol. The lowest BCUT2D eigenvalue weighted by molar-refractivity contribution is -0.146. The van der Waals surface area contributed by atoms with E-state index in [1.807, 2.05) is 63.2 Å². The van der Waals surface area contributed by atoms with Gasteiger partial charge in [0.25, 0.3) is 0 Å². The molecule has 0 saturated heterocycles. The molecule has 4 heteroatoms. The van der Waals surface area contributed by atoms with Gasteiger partial charge in [-0.2, -0.15) is 0 Å². The van der Waals surface area contributed by atoms with E-state index in [-0.39, 0.29) is 6.04 Å². The molecule has 100 valence electrons. The molecule has 2 N–H and O–H groups in total. The van der Waals surface area contributed by atoms with Crippen LogP contribution in [0.25, 0.3) is 0 Å². The second-order valence-electron chi connectivity index (χ2n) is 5.11. The Balaban J connectivity index is 3.24. The summed E-state index contributed by atoms with van der Waals surface area (Å²) in [5.41, 5.74) is -0.293. The third-order valence-corrected chi connectivity index (χ3v) is 2.72. The number of likely N-dealkylation sites (N-methyl/N-ethyl adjacent to an activating group) is 1. The van der Waals surface area contributed by atoms with Gasteiger partial charge in [0.1, 0.15) is 0 Å². The van der Waals surface area contributed by atoms with Crippen LogP contribution >= 0.6 is 0 Å². The Labute approximate surface area is 109 Å². The van der Waals surface area contributed by atoms with Gasteiger partial charge in [-0.25, -0.2) is 4.79 Å². The first-order chi connectivity index (χ1) is 8.38. The van der Waals surface area contributed by atoms with Crippen LogP contribution in [0.5, 0.6) is 0 Å². The van der Waals surface area contributed by atoms with Crippen LogP contribution in [0.4, 0.5) is 0 Å². The summed E-state index contributed by atoms with van der Waals surface area (Å²) in [5.74, 6) is -0.851. The van der Waals surface area contributed by atoms with Crippen molar-refractivity contribution < 1.29 is 9.90 Å². The molecule has 1 rings (SSSR count). The monoisotopic (exact) mass is 250 g/mol. The summed E-state index contributed by atoms with van der Waals surface area (Å²) in [6.07, 6.45) is 0. The fourth-order valence-corrected chi connectivity index (χ4v) is 2.16. The van der Waals surface area contributed by atoms with E-state index in [2.05, 4.69) is 5.32 Å². The molecule has 4 nitrogen and oxygen atoms in total. The van der Waals surface area contributed by atoms with Crippen molar-refractivity contribution in [2.75, 3.05) is 20.6 Å². The van der Waals surface area contributed by atoms with Gasteiger partial charge in [-0.1, -0.05) is 30.3 Å². The molecular weight excluding hydrogens is 228 g/mol. The van der Waals surface area contributed by atoms with Crippen molar-refractivity contribution in [2.45, 2.75) is 25.4 Å². The Morgan fingerprint density at radius 3 is 2.28 bits per heavy atom. The maximum absolute atomic E-state index is 11.8. The second kappa shape index (κ2) is 5.98. The van der Waals surface area contributed by atoms with Crippen molar-refractivity contribution in [1.82, 2.24) is 10.2 Å². The quantitative estimate of drug-likeness (QED) is 0.804. The summed E-state index contributed by atoms with van der Waals surface area (Å²) < 4.78 is 0. The third-order valence-electron chi connectivity index (χ3n) is 2.72. The summed E-state index contributed by atoms with van der Waals surface area (Å²) >= 11 is 0. The maximum atomic E-state index is 11.8. The summed E-state index contributed by atoms with van der Waals surface area (Å²) in [4.78, 5) is 13.7. The van der Waals surface area contributed by atoms with Crippen LogP contribution in [0.2, 0.25) is 0 Å². The summed E-state index contributed by atoms with van der Waals surface area (Å²) in [6, 6.07) is 9.41. The SMILES string of the molecule is CC(C)NC(CN(C)C)(C(=O)O)c1ccccc1. The fraction of sp³-hybridized carbons (Fsp3) is 0.500. The highest BCUT2D eigenvalue weighted by molar-refractivity contribution is 5.81. The lowest BCUT2D eigenvalue weighted by Gasteiger charge is -2.35. The molecule has 18 heavy (non-hydrogen) atoms. The number of hydrogen-bond donors (Lipinski definition) is 2. The standard InChI is InChI=1S/C14H22N2O2/c1-11(2)15-14(13(17)18,10-16(3)4)12-8-6-5-7-9-12/h5-9,11,15H,10H2,1-4H3,(H,17,18). The van der Waals surface area contributed by atoms with Crippen LogP contribution in [-0.4, -0.2) is 42.7 Å². The molecule has 0 spiro atoms. The van der Waals surface area contributed by atoms with E-state index in [1.54, 1.807) is 0 Å². The molecule has 1 aromatic rings. The zero-order valence-electron chi connectivity index (χ0n) is 11.5. The number of rotatable bonds is 6. The molecule has 0 bridgehead atoms. The van der Waals surface area contributed by atoms with Gasteiger partial charge in [-0.3, -0.25) is 5.32 Å². The van der Waals surface area contributed by atoms with E-state index >= 15 is 0 Å². The molecule has 0 aliphatic carbocycles. The minimum atomic E-state index is -1.07. The van der Waals surface area contributed by atoms with Crippen molar-refractivity contribution >= 4 is 5.97 Å². The highest BCUT2D eigenvalue weighted by Gasteiger charge is 2.41. The van der Waals surface area contributed by atoms with Crippen LogP contribution < -0.4 is 5.32 Å². The smallest absolute Gasteiger partial charge is 0.329 e. The number of aliphatic carboxylic acids is 1. The number of benzene rings is 1. The Morgan fingerprint density at radius 1 is 1.33 bits per heavy atom. The van der Waals surface area contributed by atoms with Crippen LogP contribution in [0.1, 0.15) is 19.4 Å². The van der Waals surface area contributed by atoms with E-state index in [4.69, 9.17) is 0 Å². The molecular formula is C14H22N2O2. The number of hydrogen-bond acceptors (Lipinski definition) is 3. The topological polar surface area (TPSA) is 52.6 Å². The molecule has 0 fully saturated rings.